The van der Waals surface area contributed by atoms with Gasteiger partial charge in [0.25, 0.3) is 0 Å². The highest BCUT2D eigenvalue weighted by Gasteiger charge is 2.27. The lowest BCUT2D eigenvalue weighted by atomic mass is 9.97. The second kappa shape index (κ2) is 6.89. The van der Waals surface area contributed by atoms with E-state index in [1.165, 1.54) is 6.07 Å². The van der Waals surface area contributed by atoms with Crippen LogP contribution in [0, 0.1) is 11.7 Å². The summed E-state index contributed by atoms with van der Waals surface area (Å²) in [5, 5.41) is 0. The van der Waals surface area contributed by atoms with E-state index >= 15 is 0 Å². The topological polar surface area (TPSA) is 41.4 Å². The Kier molecular flexibility index (Phi) is 4.85. The van der Waals surface area contributed by atoms with Gasteiger partial charge in [0.2, 0.25) is 5.91 Å². The highest BCUT2D eigenvalue weighted by Crippen LogP contribution is 2.23. The van der Waals surface area contributed by atoms with Gasteiger partial charge < -0.3 is 9.47 Å². The molecule has 130 valence electrons. The molecular weight excluding hydrogens is 307 g/mol. The average Bonchev–Trinajstić information content (AvgIpc) is 2.93. The van der Waals surface area contributed by atoms with E-state index in [9.17, 15) is 9.18 Å². The highest BCUT2D eigenvalue weighted by atomic mass is 19.1. The Morgan fingerprint density at radius 2 is 2.21 bits per heavy atom. The molecule has 1 unspecified atom stereocenters. The van der Waals surface area contributed by atoms with Crippen LogP contribution in [0.3, 0.4) is 0 Å². The van der Waals surface area contributed by atoms with Crippen LogP contribution in [0.1, 0.15) is 25.6 Å². The molecule has 1 amide bonds. The lowest BCUT2D eigenvalue weighted by Gasteiger charge is -2.33. The SMILES string of the molecule is CCn1c(CN2CCCC(C(=O)N(C)C)C2)nc2c(F)cccc21. The van der Waals surface area contributed by atoms with Gasteiger partial charge in [0.05, 0.1) is 18.0 Å². The van der Waals surface area contributed by atoms with Crippen molar-refractivity contribution in [2.75, 3.05) is 27.2 Å². The van der Waals surface area contributed by atoms with Crippen LogP contribution >= 0.6 is 0 Å². The van der Waals surface area contributed by atoms with Crippen LogP contribution in [-0.4, -0.2) is 52.4 Å². The third-order valence-corrected chi connectivity index (χ3v) is 4.79. The molecule has 1 aliphatic rings. The zero-order valence-electron chi connectivity index (χ0n) is 14.6. The van der Waals surface area contributed by atoms with Crippen molar-refractivity contribution in [1.82, 2.24) is 19.4 Å². The maximum atomic E-state index is 14.0. The first-order chi connectivity index (χ1) is 11.5. The van der Waals surface area contributed by atoms with Crippen molar-refractivity contribution in [2.45, 2.75) is 32.9 Å². The molecule has 0 saturated carbocycles. The van der Waals surface area contributed by atoms with Crippen LogP contribution in [0.2, 0.25) is 0 Å². The van der Waals surface area contributed by atoms with E-state index in [1.54, 1.807) is 25.1 Å². The summed E-state index contributed by atoms with van der Waals surface area (Å²) in [6.45, 7) is 5.14. The number of hydrogen-bond donors (Lipinski definition) is 0. The standard InChI is InChI=1S/C18H25FN4O/c1-4-23-15-9-5-8-14(19)17(15)20-16(23)12-22-10-6-7-13(11-22)18(24)21(2)3/h5,8-9,13H,4,6-7,10-12H2,1-3H3. The fourth-order valence-corrected chi connectivity index (χ4v) is 3.60. The second-order valence-electron chi connectivity index (χ2n) is 6.69. The molecule has 3 rings (SSSR count). The Hall–Kier alpha value is -1.95. The molecule has 6 heteroatoms. The van der Waals surface area contributed by atoms with Gasteiger partial charge in [-0.1, -0.05) is 6.07 Å². The minimum absolute atomic E-state index is 0.0462. The Morgan fingerprint density at radius 1 is 1.42 bits per heavy atom. The molecule has 1 aromatic carbocycles. The fraction of sp³-hybridized carbons (Fsp3) is 0.556. The molecule has 0 spiro atoms. The maximum Gasteiger partial charge on any atom is 0.226 e. The maximum absolute atomic E-state index is 14.0. The Labute approximate surface area is 142 Å². The number of carbonyl (C=O) groups is 1. The van der Waals surface area contributed by atoms with Crippen LogP contribution < -0.4 is 0 Å². The molecule has 1 fully saturated rings. The van der Waals surface area contributed by atoms with Gasteiger partial charge in [-0.3, -0.25) is 9.69 Å². The number of hydrogen-bond acceptors (Lipinski definition) is 3. The molecule has 1 aliphatic heterocycles. The van der Waals surface area contributed by atoms with Gasteiger partial charge in [0.15, 0.2) is 5.82 Å². The number of benzene rings is 1. The van der Waals surface area contributed by atoms with Crippen molar-refractivity contribution >= 4 is 16.9 Å². The Balaban J connectivity index is 1.82. The van der Waals surface area contributed by atoms with Gasteiger partial charge in [-0.05, 0) is 38.4 Å². The molecule has 5 nitrogen and oxygen atoms in total. The smallest absolute Gasteiger partial charge is 0.226 e. The first kappa shape index (κ1) is 16.9. The minimum atomic E-state index is -0.278. The number of piperidine rings is 1. The highest BCUT2D eigenvalue weighted by molar-refractivity contribution is 5.78. The number of carbonyl (C=O) groups excluding carboxylic acids is 1. The number of likely N-dealkylation sites (tertiary alicyclic amines) is 1. The summed E-state index contributed by atoms with van der Waals surface area (Å²) in [6, 6.07) is 5.08. The molecule has 0 bridgehead atoms. The predicted molar refractivity (Wildman–Crippen MR) is 92.1 cm³/mol. The number of imidazole rings is 1. The molecule has 0 N–H and O–H groups in total. The minimum Gasteiger partial charge on any atom is -0.349 e. The van der Waals surface area contributed by atoms with Gasteiger partial charge in [-0.2, -0.15) is 0 Å². The number of amides is 1. The number of aryl methyl sites for hydroxylation is 1. The molecular formula is C18H25FN4O. The summed E-state index contributed by atoms with van der Waals surface area (Å²) >= 11 is 0. The largest absolute Gasteiger partial charge is 0.349 e. The summed E-state index contributed by atoms with van der Waals surface area (Å²) in [5.74, 6) is 0.829. The Bertz CT molecular complexity index is 740. The van der Waals surface area contributed by atoms with Crippen LogP contribution in [0.5, 0.6) is 0 Å². The number of aromatic nitrogens is 2. The first-order valence-corrected chi connectivity index (χ1v) is 8.58. The number of halogens is 1. The van der Waals surface area contributed by atoms with Gasteiger partial charge in [0.1, 0.15) is 11.3 Å². The van der Waals surface area contributed by atoms with Gasteiger partial charge in [0, 0.05) is 27.2 Å². The summed E-state index contributed by atoms with van der Waals surface area (Å²) < 4.78 is 16.1. The van der Waals surface area contributed by atoms with Crippen LogP contribution in [-0.2, 0) is 17.9 Å². The third kappa shape index (κ3) is 3.15. The molecule has 0 radical (unpaired) electrons. The van der Waals surface area contributed by atoms with Crippen molar-refractivity contribution in [1.29, 1.82) is 0 Å². The molecule has 1 saturated heterocycles. The zero-order valence-corrected chi connectivity index (χ0v) is 14.6. The molecule has 2 aromatic rings. The van der Waals surface area contributed by atoms with Crippen LogP contribution in [0.25, 0.3) is 11.0 Å². The number of rotatable bonds is 4. The van der Waals surface area contributed by atoms with E-state index in [1.807, 2.05) is 13.0 Å². The molecule has 0 aliphatic carbocycles. The van der Waals surface area contributed by atoms with Crippen LogP contribution in [0.15, 0.2) is 18.2 Å². The first-order valence-electron chi connectivity index (χ1n) is 8.58. The van der Waals surface area contributed by atoms with Gasteiger partial charge in [-0.15, -0.1) is 0 Å². The zero-order chi connectivity index (χ0) is 17.3. The third-order valence-electron chi connectivity index (χ3n) is 4.79. The molecule has 24 heavy (non-hydrogen) atoms. The van der Waals surface area contributed by atoms with Gasteiger partial charge in [-0.25, -0.2) is 9.37 Å². The van der Waals surface area contributed by atoms with E-state index < -0.39 is 0 Å². The van der Waals surface area contributed by atoms with E-state index in [2.05, 4.69) is 14.5 Å². The summed E-state index contributed by atoms with van der Waals surface area (Å²) in [4.78, 5) is 20.7. The molecule has 1 aromatic heterocycles. The molecule has 1 atom stereocenters. The van der Waals surface area contributed by atoms with E-state index in [-0.39, 0.29) is 17.6 Å². The quantitative estimate of drug-likeness (QED) is 0.864. The Morgan fingerprint density at radius 3 is 2.92 bits per heavy atom. The summed E-state index contributed by atoms with van der Waals surface area (Å²) in [7, 11) is 3.61. The van der Waals surface area contributed by atoms with Crippen molar-refractivity contribution in [3.63, 3.8) is 0 Å². The summed E-state index contributed by atoms with van der Waals surface area (Å²) in [6.07, 6.45) is 1.94. The monoisotopic (exact) mass is 332 g/mol. The van der Waals surface area contributed by atoms with Crippen molar-refractivity contribution in [3.05, 3.63) is 29.8 Å². The number of nitrogens with zero attached hydrogens (tertiary/aromatic N) is 4. The van der Waals surface area contributed by atoms with E-state index in [0.717, 1.165) is 43.8 Å². The normalized spacial score (nSPS) is 18.9. The predicted octanol–water partition coefficient (Wildman–Crippen LogP) is 2.50. The van der Waals surface area contributed by atoms with Crippen LogP contribution in [0.4, 0.5) is 4.39 Å². The second-order valence-corrected chi connectivity index (χ2v) is 6.69. The van der Waals surface area contributed by atoms with Crippen molar-refractivity contribution in [3.8, 4) is 0 Å². The summed E-state index contributed by atoms with van der Waals surface area (Å²) in [5.41, 5.74) is 1.28. The molecule has 2 heterocycles. The average molecular weight is 332 g/mol. The van der Waals surface area contributed by atoms with Crippen molar-refractivity contribution < 1.29 is 9.18 Å². The van der Waals surface area contributed by atoms with Gasteiger partial charge >= 0.3 is 0 Å². The lowest BCUT2D eigenvalue weighted by molar-refractivity contribution is -0.134. The fourth-order valence-electron chi connectivity index (χ4n) is 3.60. The van der Waals surface area contributed by atoms with Crippen molar-refractivity contribution in [2.24, 2.45) is 5.92 Å². The lowest BCUT2D eigenvalue weighted by Crippen LogP contribution is -2.42. The number of fused-ring (bicyclic) bond motifs is 1. The van der Waals surface area contributed by atoms with E-state index in [4.69, 9.17) is 0 Å². The van der Waals surface area contributed by atoms with E-state index in [0.29, 0.717) is 12.1 Å². The number of para-hydroxylation sites is 1.